The van der Waals surface area contributed by atoms with Crippen molar-refractivity contribution in [2.75, 3.05) is 18.5 Å². The van der Waals surface area contributed by atoms with Crippen LogP contribution < -0.4 is 15.4 Å². The predicted octanol–water partition coefficient (Wildman–Crippen LogP) is 4.76. The predicted molar refractivity (Wildman–Crippen MR) is 120 cm³/mol. The van der Waals surface area contributed by atoms with Crippen molar-refractivity contribution >= 4 is 29.1 Å². The minimum absolute atomic E-state index is 0.142. The first-order valence-electron chi connectivity index (χ1n) is 9.54. The molecule has 0 radical (unpaired) electrons. The highest BCUT2D eigenvalue weighted by atomic mass is 35.5. The van der Waals surface area contributed by atoms with Gasteiger partial charge in [0.15, 0.2) is 6.61 Å². The minimum Gasteiger partial charge on any atom is -0.482 e. The maximum Gasteiger partial charge on any atom is 0.258 e. The summed E-state index contributed by atoms with van der Waals surface area (Å²) in [7, 11) is 0. The number of carbonyl (C=O) groups is 2. The highest BCUT2D eigenvalue weighted by Crippen LogP contribution is 2.30. The molecule has 3 aromatic carbocycles. The Bertz CT molecular complexity index is 1030. The van der Waals surface area contributed by atoms with Crippen LogP contribution in [0.5, 0.6) is 5.75 Å². The van der Waals surface area contributed by atoms with Crippen molar-refractivity contribution in [1.82, 2.24) is 5.32 Å². The molecule has 0 atom stereocenters. The van der Waals surface area contributed by atoms with E-state index in [1.165, 1.54) is 0 Å². The Balaban J connectivity index is 1.49. The van der Waals surface area contributed by atoms with Gasteiger partial charge in [-0.2, -0.15) is 0 Å². The molecule has 0 aliphatic heterocycles. The van der Waals surface area contributed by atoms with Gasteiger partial charge in [0.25, 0.3) is 5.91 Å². The number of para-hydroxylation sites is 1. The van der Waals surface area contributed by atoms with Crippen molar-refractivity contribution in [2.24, 2.45) is 0 Å². The Morgan fingerprint density at radius 3 is 2.23 bits per heavy atom. The van der Waals surface area contributed by atoms with E-state index in [1.807, 2.05) is 68.4 Å². The monoisotopic (exact) mass is 422 g/mol. The van der Waals surface area contributed by atoms with Crippen LogP contribution in [-0.4, -0.2) is 25.0 Å². The quantitative estimate of drug-likeness (QED) is 0.577. The molecule has 5 nitrogen and oxygen atoms in total. The number of hydrogen-bond acceptors (Lipinski definition) is 3. The number of amides is 2. The number of hydrogen-bond donors (Lipinski definition) is 2. The van der Waals surface area contributed by atoms with Crippen molar-refractivity contribution in [3.63, 3.8) is 0 Å². The van der Waals surface area contributed by atoms with E-state index in [-0.39, 0.29) is 19.1 Å². The van der Waals surface area contributed by atoms with E-state index < -0.39 is 5.91 Å². The number of nitrogens with one attached hydrogen (secondary N) is 2. The molecule has 0 aliphatic carbocycles. The number of halogens is 1. The number of rotatable bonds is 7. The Hall–Kier alpha value is -3.31. The molecule has 3 aromatic rings. The van der Waals surface area contributed by atoms with Crippen LogP contribution in [-0.2, 0) is 9.59 Å². The number of aryl methyl sites for hydroxylation is 2. The van der Waals surface area contributed by atoms with E-state index in [1.54, 1.807) is 12.1 Å². The maximum absolute atomic E-state index is 12.1. The van der Waals surface area contributed by atoms with Crippen LogP contribution in [0.3, 0.4) is 0 Å². The molecule has 0 unspecified atom stereocenters. The standard InChI is InChI=1S/C24H23ClN2O3/c1-16-7-6-8-17(2)24(16)27-22(28)14-26-23(29)15-30-21-12-11-19(13-20(21)25)18-9-4-3-5-10-18/h3-13H,14-15H2,1-2H3,(H,26,29)(H,27,28). The van der Waals surface area contributed by atoms with Gasteiger partial charge in [0, 0.05) is 5.69 Å². The number of ether oxygens (including phenoxy) is 1. The lowest BCUT2D eigenvalue weighted by Crippen LogP contribution is -2.36. The summed E-state index contributed by atoms with van der Waals surface area (Å²) in [6, 6.07) is 21.0. The molecule has 0 saturated heterocycles. The smallest absolute Gasteiger partial charge is 0.258 e. The molecule has 0 aromatic heterocycles. The molecule has 0 fully saturated rings. The van der Waals surface area contributed by atoms with Crippen LogP contribution in [0.1, 0.15) is 11.1 Å². The Labute approximate surface area is 181 Å². The Kier molecular flexibility index (Phi) is 7.09. The summed E-state index contributed by atoms with van der Waals surface area (Å²) in [6.07, 6.45) is 0. The molecule has 0 heterocycles. The van der Waals surface area contributed by atoms with E-state index in [9.17, 15) is 9.59 Å². The van der Waals surface area contributed by atoms with Gasteiger partial charge in [-0.1, -0.05) is 66.2 Å². The third-order valence-corrected chi connectivity index (χ3v) is 4.88. The summed E-state index contributed by atoms with van der Waals surface area (Å²) in [5.74, 6) is -0.299. The fourth-order valence-electron chi connectivity index (χ4n) is 3.00. The third-order valence-electron chi connectivity index (χ3n) is 4.59. The van der Waals surface area contributed by atoms with Crippen LogP contribution >= 0.6 is 11.6 Å². The molecule has 6 heteroatoms. The second kappa shape index (κ2) is 9.94. The number of benzene rings is 3. The zero-order valence-corrected chi connectivity index (χ0v) is 17.6. The van der Waals surface area contributed by atoms with Gasteiger partial charge in [-0.25, -0.2) is 0 Å². The first kappa shape index (κ1) is 21.4. The summed E-state index contributed by atoms with van der Waals surface area (Å²) in [5.41, 5.74) is 4.69. The van der Waals surface area contributed by atoms with E-state index >= 15 is 0 Å². The van der Waals surface area contributed by atoms with Gasteiger partial charge in [-0.05, 0) is 48.2 Å². The lowest BCUT2D eigenvalue weighted by atomic mass is 10.1. The molecule has 0 aliphatic rings. The van der Waals surface area contributed by atoms with Crippen molar-refractivity contribution in [1.29, 1.82) is 0 Å². The second-order valence-corrected chi connectivity index (χ2v) is 7.30. The summed E-state index contributed by atoms with van der Waals surface area (Å²) in [4.78, 5) is 24.2. The van der Waals surface area contributed by atoms with Crippen LogP contribution in [0.25, 0.3) is 11.1 Å². The molecule has 2 amide bonds. The lowest BCUT2D eigenvalue weighted by molar-refractivity contribution is -0.125. The highest BCUT2D eigenvalue weighted by molar-refractivity contribution is 6.32. The van der Waals surface area contributed by atoms with Crippen molar-refractivity contribution in [3.8, 4) is 16.9 Å². The molecule has 30 heavy (non-hydrogen) atoms. The second-order valence-electron chi connectivity index (χ2n) is 6.89. The van der Waals surface area contributed by atoms with Crippen LogP contribution in [0, 0.1) is 13.8 Å². The maximum atomic E-state index is 12.1. The van der Waals surface area contributed by atoms with E-state index in [0.29, 0.717) is 10.8 Å². The van der Waals surface area contributed by atoms with Gasteiger partial charge in [0.2, 0.25) is 5.91 Å². The summed E-state index contributed by atoms with van der Waals surface area (Å²) in [6.45, 7) is 3.46. The van der Waals surface area contributed by atoms with Crippen LogP contribution in [0.4, 0.5) is 5.69 Å². The van der Waals surface area contributed by atoms with Crippen molar-refractivity contribution < 1.29 is 14.3 Å². The molecule has 3 rings (SSSR count). The fourth-order valence-corrected chi connectivity index (χ4v) is 3.23. The third kappa shape index (κ3) is 5.61. The van der Waals surface area contributed by atoms with E-state index in [4.69, 9.17) is 16.3 Å². The summed E-state index contributed by atoms with van der Waals surface area (Å²) >= 11 is 6.29. The van der Waals surface area contributed by atoms with E-state index in [0.717, 1.165) is 27.9 Å². The molecule has 0 spiro atoms. The average Bonchev–Trinajstić information content (AvgIpc) is 2.74. The number of anilines is 1. The van der Waals surface area contributed by atoms with Crippen LogP contribution in [0.2, 0.25) is 5.02 Å². The molecule has 154 valence electrons. The lowest BCUT2D eigenvalue weighted by Gasteiger charge is -2.12. The SMILES string of the molecule is Cc1cccc(C)c1NC(=O)CNC(=O)COc1ccc(-c2ccccc2)cc1Cl. The van der Waals surface area contributed by atoms with Gasteiger partial charge in [-0.3, -0.25) is 9.59 Å². The Morgan fingerprint density at radius 1 is 0.867 bits per heavy atom. The zero-order valence-electron chi connectivity index (χ0n) is 16.9. The topological polar surface area (TPSA) is 67.4 Å². The van der Waals surface area contributed by atoms with Gasteiger partial charge in [-0.15, -0.1) is 0 Å². The molecular weight excluding hydrogens is 400 g/mol. The summed E-state index contributed by atoms with van der Waals surface area (Å²) < 4.78 is 5.50. The van der Waals surface area contributed by atoms with Gasteiger partial charge >= 0.3 is 0 Å². The molecule has 0 bridgehead atoms. The molecule has 2 N–H and O–H groups in total. The van der Waals surface area contributed by atoms with Gasteiger partial charge in [0.1, 0.15) is 5.75 Å². The van der Waals surface area contributed by atoms with Crippen molar-refractivity contribution in [2.45, 2.75) is 13.8 Å². The molecule has 0 saturated carbocycles. The van der Waals surface area contributed by atoms with Crippen molar-refractivity contribution in [3.05, 3.63) is 82.9 Å². The first-order valence-corrected chi connectivity index (χ1v) is 9.92. The highest BCUT2D eigenvalue weighted by Gasteiger charge is 2.11. The normalized spacial score (nSPS) is 10.4. The minimum atomic E-state index is -0.408. The number of carbonyl (C=O) groups excluding carboxylic acids is 2. The fraction of sp³-hybridized carbons (Fsp3) is 0.167. The Morgan fingerprint density at radius 2 is 1.57 bits per heavy atom. The summed E-state index contributed by atoms with van der Waals surface area (Å²) in [5, 5.41) is 5.79. The molecular formula is C24H23ClN2O3. The average molecular weight is 423 g/mol. The van der Waals surface area contributed by atoms with Gasteiger partial charge in [0.05, 0.1) is 11.6 Å². The van der Waals surface area contributed by atoms with Crippen LogP contribution in [0.15, 0.2) is 66.7 Å². The van der Waals surface area contributed by atoms with Gasteiger partial charge < -0.3 is 15.4 Å². The zero-order chi connectivity index (χ0) is 21.5. The largest absolute Gasteiger partial charge is 0.482 e. The van der Waals surface area contributed by atoms with E-state index in [2.05, 4.69) is 10.6 Å². The first-order chi connectivity index (χ1) is 14.4.